The van der Waals surface area contributed by atoms with Crippen molar-refractivity contribution in [3.05, 3.63) is 48.5 Å². The summed E-state index contributed by atoms with van der Waals surface area (Å²) in [5.74, 6) is 1.28. The zero-order valence-corrected chi connectivity index (χ0v) is 15.6. The van der Waals surface area contributed by atoms with Gasteiger partial charge in [0.1, 0.15) is 11.5 Å². The van der Waals surface area contributed by atoms with Crippen LogP contribution >= 0.6 is 0 Å². The lowest BCUT2D eigenvalue weighted by atomic mass is 10.1. The fourth-order valence-corrected chi connectivity index (χ4v) is 2.97. The number of benzene rings is 2. The zero-order chi connectivity index (χ0) is 19.2. The summed E-state index contributed by atoms with van der Waals surface area (Å²) in [5.41, 5.74) is 1.33. The summed E-state index contributed by atoms with van der Waals surface area (Å²) in [6.45, 7) is 4.68. The number of rotatable bonds is 7. The van der Waals surface area contributed by atoms with Crippen LogP contribution in [0.2, 0.25) is 0 Å². The Balaban J connectivity index is 1.54. The van der Waals surface area contributed by atoms with Crippen LogP contribution in [0.25, 0.3) is 0 Å². The van der Waals surface area contributed by atoms with Gasteiger partial charge < -0.3 is 19.7 Å². The molecule has 0 bridgehead atoms. The highest BCUT2D eigenvalue weighted by molar-refractivity contribution is 6.01. The van der Waals surface area contributed by atoms with Gasteiger partial charge in [0.25, 0.3) is 5.91 Å². The van der Waals surface area contributed by atoms with Gasteiger partial charge in [0, 0.05) is 18.7 Å². The summed E-state index contributed by atoms with van der Waals surface area (Å²) in [4.78, 5) is 26.1. The van der Waals surface area contributed by atoms with Crippen LogP contribution in [0.5, 0.6) is 11.5 Å². The van der Waals surface area contributed by atoms with Crippen LogP contribution in [0.3, 0.4) is 0 Å². The molecule has 0 saturated carbocycles. The Kier molecular flexibility index (Phi) is 5.96. The molecule has 1 aliphatic rings. The minimum atomic E-state index is -0.498. The van der Waals surface area contributed by atoms with Gasteiger partial charge in [-0.25, -0.2) is 0 Å². The summed E-state index contributed by atoms with van der Waals surface area (Å²) in [6, 6.07) is 14.9. The first-order chi connectivity index (χ1) is 13.1. The van der Waals surface area contributed by atoms with Crippen LogP contribution in [-0.2, 0) is 9.59 Å². The second-order valence-corrected chi connectivity index (χ2v) is 6.34. The fourth-order valence-electron chi connectivity index (χ4n) is 2.97. The van der Waals surface area contributed by atoms with Gasteiger partial charge in [0.2, 0.25) is 5.91 Å². The van der Waals surface area contributed by atoms with Crippen LogP contribution in [0, 0.1) is 0 Å². The smallest absolute Gasteiger partial charge is 0.267 e. The van der Waals surface area contributed by atoms with Gasteiger partial charge in [-0.3, -0.25) is 9.59 Å². The number of hydrogen-bond donors (Lipinski definition) is 1. The molecule has 0 spiro atoms. The summed E-state index contributed by atoms with van der Waals surface area (Å²) >= 11 is 0. The molecule has 2 aromatic carbocycles. The largest absolute Gasteiger partial charge is 0.494 e. The molecular weight excluding hydrogens is 344 g/mol. The number of hydrogen-bond acceptors (Lipinski definition) is 4. The maximum absolute atomic E-state index is 12.2. The van der Waals surface area contributed by atoms with E-state index in [0.29, 0.717) is 43.1 Å². The number of nitrogens with zero attached hydrogens (tertiary/aromatic N) is 1. The highest BCUT2D eigenvalue weighted by Gasteiger charge is 2.30. The second-order valence-electron chi connectivity index (χ2n) is 6.34. The quantitative estimate of drug-likeness (QED) is 0.758. The number of para-hydroxylation sites is 1. The predicted molar refractivity (Wildman–Crippen MR) is 104 cm³/mol. The first-order valence-corrected chi connectivity index (χ1v) is 9.18. The van der Waals surface area contributed by atoms with Gasteiger partial charge in [-0.1, -0.05) is 18.2 Å². The van der Waals surface area contributed by atoms with Gasteiger partial charge >= 0.3 is 0 Å². The summed E-state index contributed by atoms with van der Waals surface area (Å²) < 4.78 is 11.2. The molecule has 1 N–H and O–H groups in total. The van der Waals surface area contributed by atoms with E-state index in [2.05, 4.69) is 5.32 Å². The molecule has 1 heterocycles. The maximum atomic E-state index is 12.2. The molecule has 0 radical (unpaired) electrons. The highest BCUT2D eigenvalue weighted by Crippen LogP contribution is 2.36. The van der Waals surface area contributed by atoms with Crippen molar-refractivity contribution in [2.45, 2.75) is 32.8 Å². The fraction of sp³-hybridized carbons (Fsp3) is 0.333. The third-order valence-electron chi connectivity index (χ3n) is 4.33. The summed E-state index contributed by atoms with van der Waals surface area (Å²) in [5, 5.41) is 2.87. The van der Waals surface area contributed by atoms with E-state index >= 15 is 0 Å². The van der Waals surface area contributed by atoms with Crippen molar-refractivity contribution in [3.8, 4) is 11.5 Å². The molecule has 27 heavy (non-hydrogen) atoms. The highest BCUT2D eigenvalue weighted by atomic mass is 16.5. The number of fused-ring (bicyclic) bond motifs is 1. The average Bonchev–Trinajstić information content (AvgIpc) is 2.67. The van der Waals surface area contributed by atoms with E-state index in [4.69, 9.17) is 9.47 Å². The Labute approximate surface area is 159 Å². The average molecular weight is 368 g/mol. The first kappa shape index (κ1) is 18.8. The monoisotopic (exact) mass is 368 g/mol. The first-order valence-electron chi connectivity index (χ1n) is 9.18. The van der Waals surface area contributed by atoms with E-state index in [1.54, 1.807) is 30.0 Å². The van der Waals surface area contributed by atoms with Crippen LogP contribution in [0.1, 0.15) is 26.7 Å². The van der Waals surface area contributed by atoms with Gasteiger partial charge in [-0.05, 0) is 50.6 Å². The molecule has 0 fully saturated rings. The molecule has 3 rings (SSSR count). The molecule has 142 valence electrons. The Morgan fingerprint density at radius 3 is 2.74 bits per heavy atom. The molecule has 0 aromatic heterocycles. The Morgan fingerprint density at radius 2 is 2.00 bits per heavy atom. The van der Waals surface area contributed by atoms with Gasteiger partial charge in [-0.2, -0.15) is 0 Å². The molecule has 1 aliphatic heterocycles. The van der Waals surface area contributed by atoms with E-state index in [1.165, 1.54) is 0 Å². The molecule has 1 atom stereocenters. The third-order valence-corrected chi connectivity index (χ3v) is 4.33. The van der Waals surface area contributed by atoms with Crippen molar-refractivity contribution in [1.82, 2.24) is 0 Å². The van der Waals surface area contributed by atoms with E-state index in [0.717, 1.165) is 5.75 Å². The number of amides is 2. The summed E-state index contributed by atoms with van der Waals surface area (Å²) in [7, 11) is 0. The zero-order valence-electron chi connectivity index (χ0n) is 15.6. The number of anilines is 2. The van der Waals surface area contributed by atoms with Crippen molar-refractivity contribution < 1.29 is 19.1 Å². The number of carbonyl (C=O) groups excluding carboxylic acids is 2. The van der Waals surface area contributed by atoms with Crippen molar-refractivity contribution in [3.63, 3.8) is 0 Å². The lowest BCUT2D eigenvalue weighted by Crippen LogP contribution is -2.44. The van der Waals surface area contributed by atoms with Crippen molar-refractivity contribution in [2.24, 2.45) is 0 Å². The molecule has 0 saturated heterocycles. The lowest BCUT2D eigenvalue weighted by Gasteiger charge is -2.32. The van der Waals surface area contributed by atoms with Crippen molar-refractivity contribution in [2.75, 3.05) is 23.4 Å². The molecular formula is C21H24N2O4. The molecule has 1 unspecified atom stereocenters. The molecule has 6 nitrogen and oxygen atoms in total. The minimum absolute atomic E-state index is 0.0773. The van der Waals surface area contributed by atoms with Gasteiger partial charge in [0.15, 0.2) is 6.10 Å². The standard InChI is InChI=1S/C21H24N2O4/c1-3-23-18-14-16(11-12-19(18)27-15(2)21(23)25)22-20(24)10-7-13-26-17-8-5-4-6-9-17/h4-6,8-9,11-12,14-15H,3,7,10,13H2,1-2H3,(H,22,24). The van der Waals surface area contributed by atoms with E-state index in [9.17, 15) is 9.59 Å². The summed E-state index contributed by atoms with van der Waals surface area (Å²) in [6.07, 6.45) is 0.474. The Hall–Kier alpha value is -3.02. The van der Waals surface area contributed by atoms with Crippen LogP contribution in [-0.4, -0.2) is 31.1 Å². The Bertz CT molecular complexity index is 807. The molecule has 2 amide bonds. The van der Waals surface area contributed by atoms with Gasteiger partial charge in [-0.15, -0.1) is 0 Å². The normalized spacial score (nSPS) is 15.7. The topological polar surface area (TPSA) is 67.9 Å². The molecule has 2 aromatic rings. The number of ether oxygens (including phenoxy) is 2. The Morgan fingerprint density at radius 1 is 1.22 bits per heavy atom. The van der Waals surface area contributed by atoms with Crippen LogP contribution in [0.4, 0.5) is 11.4 Å². The SMILES string of the molecule is CCN1C(=O)C(C)Oc2ccc(NC(=O)CCCOc3ccccc3)cc21. The number of nitrogens with one attached hydrogen (secondary N) is 1. The van der Waals surface area contributed by atoms with Gasteiger partial charge in [0.05, 0.1) is 12.3 Å². The molecule has 0 aliphatic carbocycles. The second kappa shape index (κ2) is 8.58. The van der Waals surface area contributed by atoms with E-state index in [1.807, 2.05) is 37.3 Å². The minimum Gasteiger partial charge on any atom is -0.494 e. The van der Waals surface area contributed by atoms with Crippen molar-refractivity contribution >= 4 is 23.2 Å². The lowest BCUT2D eigenvalue weighted by molar-refractivity contribution is -0.125. The van der Waals surface area contributed by atoms with Crippen LogP contribution < -0.4 is 19.7 Å². The number of carbonyl (C=O) groups is 2. The van der Waals surface area contributed by atoms with E-state index < -0.39 is 6.10 Å². The third kappa shape index (κ3) is 4.58. The van der Waals surface area contributed by atoms with Crippen LogP contribution in [0.15, 0.2) is 48.5 Å². The van der Waals surface area contributed by atoms with Crippen molar-refractivity contribution in [1.29, 1.82) is 0 Å². The number of likely N-dealkylation sites (N-methyl/N-ethyl adjacent to an activating group) is 1. The van der Waals surface area contributed by atoms with E-state index in [-0.39, 0.29) is 11.8 Å². The predicted octanol–water partition coefficient (Wildman–Crippen LogP) is 3.62. The maximum Gasteiger partial charge on any atom is 0.267 e. The molecule has 6 heteroatoms.